The van der Waals surface area contributed by atoms with Crippen LogP contribution in [-0.2, 0) is 9.53 Å². The van der Waals surface area contributed by atoms with Crippen LogP contribution in [0.15, 0.2) is 0 Å². The number of hydrogen-bond donors (Lipinski definition) is 3. The smallest absolute Gasteiger partial charge is 0.217 e. The Bertz CT molecular complexity index is 184. The molecule has 70 valence electrons. The predicted octanol–water partition coefficient (Wildman–Crippen LogP) is -1.41. The minimum absolute atomic E-state index is 0.247. The van der Waals surface area contributed by atoms with Crippen LogP contribution in [0.3, 0.4) is 0 Å². The fourth-order valence-electron chi connectivity index (χ4n) is 1.28. The Kier molecular flexibility index (Phi) is 2.66. The molecule has 1 unspecified atom stereocenters. The molecule has 0 aromatic heterocycles. The molecule has 12 heavy (non-hydrogen) atoms. The number of rotatable bonds is 1. The van der Waals surface area contributed by atoms with Crippen LogP contribution in [0.25, 0.3) is 0 Å². The van der Waals surface area contributed by atoms with Gasteiger partial charge >= 0.3 is 0 Å². The molecule has 0 aromatic rings. The Morgan fingerprint density at radius 2 is 2.08 bits per heavy atom. The lowest BCUT2D eigenvalue weighted by molar-refractivity contribution is -0.124. The van der Waals surface area contributed by atoms with Crippen LogP contribution >= 0.6 is 0 Å². The van der Waals surface area contributed by atoms with Crippen molar-refractivity contribution in [3.8, 4) is 0 Å². The summed E-state index contributed by atoms with van der Waals surface area (Å²) in [6, 6.07) is -0.516. The molecule has 0 saturated carbocycles. The first-order valence-electron chi connectivity index (χ1n) is 3.81. The van der Waals surface area contributed by atoms with Crippen molar-refractivity contribution in [1.82, 2.24) is 5.32 Å². The van der Waals surface area contributed by atoms with Crippen molar-refractivity contribution < 1.29 is 19.7 Å². The molecular formula is C7H13NO4. The second kappa shape index (κ2) is 3.38. The largest absolute Gasteiger partial charge is 0.386 e. The van der Waals surface area contributed by atoms with Gasteiger partial charge in [-0.15, -0.1) is 0 Å². The molecule has 4 atom stereocenters. The molecule has 0 bridgehead atoms. The summed E-state index contributed by atoms with van der Waals surface area (Å²) >= 11 is 0. The van der Waals surface area contributed by atoms with E-state index >= 15 is 0 Å². The summed E-state index contributed by atoms with van der Waals surface area (Å²) in [6.45, 7) is 3.03. The molecular weight excluding hydrogens is 162 g/mol. The maximum Gasteiger partial charge on any atom is 0.217 e. The molecule has 1 rings (SSSR count). The van der Waals surface area contributed by atoms with Crippen molar-refractivity contribution in [3.63, 3.8) is 0 Å². The van der Waals surface area contributed by atoms with Gasteiger partial charge in [-0.2, -0.15) is 0 Å². The number of hydrogen-bond acceptors (Lipinski definition) is 4. The van der Waals surface area contributed by atoms with Gasteiger partial charge in [-0.25, -0.2) is 0 Å². The van der Waals surface area contributed by atoms with E-state index in [1.807, 2.05) is 0 Å². The quantitative estimate of drug-likeness (QED) is 0.457. The molecule has 5 heteroatoms. The van der Waals surface area contributed by atoms with Gasteiger partial charge in [-0.1, -0.05) is 0 Å². The second-order valence-electron chi connectivity index (χ2n) is 2.95. The fraction of sp³-hybridized carbons (Fsp3) is 0.857. The number of aliphatic hydroxyl groups is 2. The Morgan fingerprint density at radius 1 is 1.50 bits per heavy atom. The highest BCUT2D eigenvalue weighted by Gasteiger charge is 2.40. The molecule has 0 spiro atoms. The van der Waals surface area contributed by atoms with E-state index in [0.717, 1.165) is 0 Å². The van der Waals surface area contributed by atoms with Crippen molar-refractivity contribution in [3.05, 3.63) is 0 Å². The molecule has 1 heterocycles. The zero-order valence-corrected chi connectivity index (χ0v) is 7.02. The minimum atomic E-state index is -1.20. The summed E-state index contributed by atoms with van der Waals surface area (Å²) < 4.78 is 4.88. The third-order valence-corrected chi connectivity index (χ3v) is 1.89. The van der Waals surface area contributed by atoms with E-state index in [4.69, 9.17) is 9.84 Å². The van der Waals surface area contributed by atoms with Gasteiger partial charge in [0.25, 0.3) is 0 Å². The number of carbonyl (C=O) groups is 1. The molecule has 0 aliphatic carbocycles. The summed E-state index contributed by atoms with van der Waals surface area (Å²) in [5.41, 5.74) is 0. The topological polar surface area (TPSA) is 78.8 Å². The molecule has 0 radical (unpaired) electrons. The molecule has 1 amide bonds. The van der Waals surface area contributed by atoms with E-state index in [1.165, 1.54) is 6.92 Å². The number of carbonyl (C=O) groups excluding carboxylic acids is 1. The summed E-state index contributed by atoms with van der Waals surface area (Å²) in [7, 11) is 0. The van der Waals surface area contributed by atoms with Crippen LogP contribution < -0.4 is 5.32 Å². The summed E-state index contributed by atoms with van der Waals surface area (Å²) in [6.07, 6.45) is -2.60. The third-order valence-electron chi connectivity index (χ3n) is 1.89. The number of amides is 1. The van der Waals surface area contributed by atoms with Crippen LogP contribution in [0, 0.1) is 0 Å². The molecule has 1 aliphatic heterocycles. The van der Waals surface area contributed by atoms with E-state index in [1.54, 1.807) is 6.92 Å². The van der Waals surface area contributed by atoms with Crippen LogP contribution in [-0.4, -0.2) is 40.7 Å². The van der Waals surface area contributed by atoms with Gasteiger partial charge in [0.1, 0.15) is 6.10 Å². The van der Waals surface area contributed by atoms with Gasteiger partial charge in [0.15, 0.2) is 6.29 Å². The molecule has 1 saturated heterocycles. The zero-order chi connectivity index (χ0) is 9.30. The Morgan fingerprint density at radius 3 is 2.42 bits per heavy atom. The lowest BCUT2D eigenvalue weighted by atomic mass is 10.1. The number of ether oxygens (including phenoxy) is 1. The van der Waals surface area contributed by atoms with Crippen molar-refractivity contribution in [1.29, 1.82) is 0 Å². The zero-order valence-electron chi connectivity index (χ0n) is 7.02. The van der Waals surface area contributed by atoms with E-state index in [2.05, 4.69) is 5.32 Å². The Hall–Kier alpha value is -0.650. The molecule has 3 N–H and O–H groups in total. The molecule has 0 aromatic carbocycles. The standard InChI is InChI=1S/C7H13NO4/c1-3-5(8-4(2)9)6(10)7(11)12-3/h3,5-7,10-11H,1-2H3,(H,8,9)/t3-,5-,6-,7?/m1/s1. The van der Waals surface area contributed by atoms with Crippen molar-refractivity contribution >= 4 is 5.91 Å². The monoisotopic (exact) mass is 175 g/mol. The first-order valence-corrected chi connectivity index (χ1v) is 3.81. The molecule has 1 fully saturated rings. The highest BCUT2D eigenvalue weighted by molar-refractivity contribution is 5.73. The first-order chi connectivity index (χ1) is 5.52. The minimum Gasteiger partial charge on any atom is -0.386 e. The van der Waals surface area contributed by atoms with Gasteiger partial charge in [-0.3, -0.25) is 4.79 Å². The Balaban J connectivity index is 2.57. The first kappa shape index (κ1) is 9.44. The number of aliphatic hydroxyl groups excluding tert-OH is 2. The van der Waals surface area contributed by atoms with Crippen molar-refractivity contribution in [2.45, 2.75) is 38.4 Å². The van der Waals surface area contributed by atoms with Crippen molar-refractivity contribution in [2.24, 2.45) is 0 Å². The average Bonchev–Trinajstić information content (AvgIpc) is 2.16. The van der Waals surface area contributed by atoms with Crippen molar-refractivity contribution in [2.75, 3.05) is 0 Å². The number of nitrogens with one attached hydrogen (secondary N) is 1. The third kappa shape index (κ3) is 1.74. The van der Waals surface area contributed by atoms with E-state index < -0.39 is 18.4 Å². The molecule has 5 nitrogen and oxygen atoms in total. The van der Waals surface area contributed by atoms with Crippen LogP contribution in [0.2, 0.25) is 0 Å². The van der Waals surface area contributed by atoms with E-state index in [9.17, 15) is 9.90 Å². The maximum absolute atomic E-state index is 10.6. The molecule has 1 aliphatic rings. The Labute approximate surface area is 70.3 Å². The fourth-order valence-corrected chi connectivity index (χ4v) is 1.28. The van der Waals surface area contributed by atoms with Gasteiger partial charge in [0.05, 0.1) is 12.1 Å². The summed E-state index contributed by atoms with van der Waals surface area (Å²) in [5.74, 6) is -0.247. The normalized spacial score (nSPS) is 41.3. The predicted molar refractivity (Wildman–Crippen MR) is 40.2 cm³/mol. The van der Waals surface area contributed by atoms with Crippen LogP contribution in [0.5, 0.6) is 0 Å². The lowest BCUT2D eigenvalue weighted by Crippen LogP contribution is -2.46. The van der Waals surface area contributed by atoms with Crippen LogP contribution in [0.4, 0.5) is 0 Å². The lowest BCUT2D eigenvalue weighted by Gasteiger charge is -2.17. The highest BCUT2D eigenvalue weighted by atomic mass is 16.6. The summed E-state index contributed by atoms with van der Waals surface area (Å²) in [5, 5.41) is 20.8. The van der Waals surface area contributed by atoms with Gasteiger partial charge in [0.2, 0.25) is 5.91 Å². The second-order valence-corrected chi connectivity index (χ2v) is 2.95. The van der Waals surface area contributed by atoms with Gasteiger partial charge < -0.3 is 20.3 Å². The van der Waals surface area contributed by atoms with E-state index in [0.29, 0.717) is 0 Å². The average molecular weight is 175 g/mol. The SMILES string of the molecule is CC(=O)N[C@@H]1[C@@H](C)OC(O)[C@@H]1O. The maximum atomic E-state index is 10.6. The van der Waals surface area contributed by atoms with Gasteiger partial charge in [0, 0.05) is 6.92 Å². The highest BCUT2D eigenvalue weighted by Crippen LogP contribution is 2.18. The van der Waals surface area contributed by atoms with Crippen LogP contribution in [0.1, 0.15) is 13.8 Å². The summed E-state index contributed by atoms with van der Waals surface area (Å²) in [4.78, 5) is 10.6. The van der Waals surface area contributed by atoms with E-state index in [-0.39, 0.29) is 12.0 Å². The van der Waals surface area contributed by atoms with Gasteiger partial charge in [-0.05, 0) is 6.92 Å².